The summed E-state index contributed by atoms with van der Waals surface area (Å²) in [6, 6.07) is 14.6. The van der Waals surface area contributed by atoms with E-state index in [1.54, 1.807) is 53.6 Å². The zero-order chi connectivity index (χ0) is 30.1. The largest absolute Gasteiger partial charge is 0.381 e. The molecule has 0 unspecified atom stereocenters. The number of anilines is 1. The predicted molar refractivity (Wildman–Crippen MR) is 169 cm³/mol. The van der Waals surface area contributed by atoms with E-state index in [-0.39, 0.29) is 48.6 Å². The summed E-state index contributed by atoms with van der Waals surface area (Å²) < 4.78 is 36.4. The molecule has 1 amide bonds. The molecule has 3 heterocycles. The van der Waals surface area contributed by atoms with Crippen molar-refractivity contribution in [2.24, 2.45) is 5.73 Å². The van der Waals surface area contributed by atoms with E-state index >= 15 is 0 Å². The summed E-state index contributed by atoms with van der Waals surface area (Å²) in [6.07, 6.45) is 6.80. The number of nitrogens with zero attached hydrogens (tertiary/aromatic N) is 4. The van der Waals surface area contributed by atoms with E-state index in [4.69, 9.17) is 26.6 Å². The van der Waals surface area contributed by atoms with E-state index in [1.165, 1.54) is 12.1 Å². The van der Waals surface area contributed by atoms with Crippen LogP contribution < -0.4 is 16.4 Å². The van der Waals surface area contributed by atoms with Crippen LogP contribution in [0.1, 0.15) is 40.5 Å². The molecule has 0 saturated carbocycles. The number of benzene rings is 2. The number of hydrogen-bond acceptors (Lipinski definition) is 9. The Kier molecular flexibility index (Phi) is 12.5. The summed E-state index contributed by atoms with van der Waals surface area (Å²) in [5.74, 6) is 0.874. The van der Waals surface area contributed by atoms with Gasteiger partial charge in [0.25, 0.3) is 16.0 Å². The van der Waals surface area contributed by atoms with Gasteiger partial charge in [-0.25, -0.2) is 9.97 Å². The third-order valence-electron chi connectivity index (χ3n) is 6.39. The zero-order valence-corrected chi connectivity index (χ0v) is 25.9. The summed E-state index contributed by atoms with van der Waals surface area (Å²) in [5.41, 5.74) is 7.84. The Hall–Kier alpha value is -3.53. The molecule has 43 heavy (non-hydrogen) atoms. The van der Waals surface area contributed by atoms with Crippen molar-refractivity contribution < 1.29 is 22.5 Å². The Morgan fingerprint density at radius 2 is 1.88 bits per heavy atom. The number of halogens is 1. The van der Waals surface area contributed by atoms with Crippen LogP contribution >= 0.6 is 25.1 Å². The number of aromatic nitrogens is 4. The first-order valence-electron chi connectivity index (χ1n) is 13.1. The number of carbonyl (C=O) groups is 1. The molecule has 5 rings (SSSR count). The van der Waals surface area contributed by atoms with E-state index < -0.39 is 10.1 Å². The quantitative estimate of drug-likeness (QED) is 0.206. The zero-order valence-electron chi connectivity index (χ0n) is 23.4. The number of nitrogens with one attached hydrogen (secondary N) is 2. The number of ether oxygens (including phenoxy) is 1. The molecular formula is C28H34ClN7O5S2. The van der Waals surface area contributed by atoms with Gasteiger partial charge < -0.3 is 21.1 Å². The van der Waals surface area contributed by atoms with Gasteiger partial charge in [-0.2, -0.15) is 26.9 Å². The Bertz CT molecular complexity index is 1600. The van der Waals surface area contributed by atoms with E-state index in [2.05, 4.69) is 25.6 Å². The SMILES string of the molecule is Cc1cnc(NC2CCOCC2)nc1-n1cnc(C(=O)N[C@H](CN)c2cccc(Cl)c2)c1.O=S(=O)(O)c1ccccc1.S. The fraction of sp³-hybridized carbons (Fsp3) is 0.286. The van der Waals surface area contributed by atoms with E-state index in [1.807, 2.05) is 19.1 Å². The number of nitrogens with two attached hydrogens (primary N) is 1. The standard InChI is InChI=1S/C22H26ClN7O2.C6H6O3S.H2S/c1-14-11-25-22(27-17-5-7-32-8-6-17)29-20(14)30-12-19(26-13-30)21(31)28-18(10-24)15-3-2-4-16(23)9-15;7-10(8,9)6-4-2-1-3-5-6;/h2-4,9,11-13,17-18H,5-8,10,24H2,1H3,(H,28,31)(H,25,27,29);1-5H,(H,7,8,9);1H2/t18-;;/m1../s1. The van der Waals surface area contributed by atoms with Crippen LogP contribution in [0.3, 0.4) is 0 Å². The minimum absolute atomic E-state index is 0. The Balaban J connectivity index is 0.000000392. The van der Waals surface area contributed by atoms with E-state index in [0.717, 1.165) is 37.2 Å². The molecule has 2 aromatic carbocycles. The second kappa shape index (κ2) is 15.8. The lowest BCUT2D eigenvalue weighted by Crippen LogP contribution is -2.33. The molecule has 1 fully saturated rings. The topological polar surface area (TPSA) is 174 Å². The number of hydrogen-bond donors (Lipinski definition) is 4. The molecule has 0 aliphatic carbocycles. The molecule has 12 nitrogen and oxygen atoms in total. The first-order chi connectivity index (χ1) is 20.1. The lowest BCUT2D eigenvalue weighted by molar-refractivity contribution is 0.0903. The average molecular weight is 648 g/mol. The smallest absolute Gasteiger partial charge is 0.294 e. The van der Waals surface area contributed by atoms with Crippen molar-refractivity contribution >= 4 is 47.1 Å². The van der Waals surface area contributed by atoms with Crippen molar-refractivity contribution in [1.29, 1.82) is 0 Å². The van der Waals surface area contributed by atoms with E-state index in [9.17, 15) is 13.2 Å². The second-order valence-electron chi connectivity index (χ2n) is 9.50. The van der Waals surface area contributed by atoms with Crippen molar-refractivity contribution in [3.8, 4) is 5.82 Å². The summed E-state index contributed by atoms with van der Waals surface area (Å²) in [5, 5.41) is 6.87. The van der Waals surface area contributed by atoms with Gasteiger partial charge in [-0.15, -0.1) is 0 Å². The number of aryl methyl sites for hydroxylation is 1. The summed E-state index contributed by atoms with van der Waals surface area (Å²) in [4.78, 5) is 26.0. The van der Waals surface area contributed by atoms with Crippen molar-refractivity contribution in [2.75, 3.05) is 25.1 Å². The highest BCUT2D eigenvalue weighted by molar-refractivity contribution is 7.85. The number of amides is 1. The van der Waals surface area contributed by atoms with Crippen LogP contribution in [0.25, 0.3) is 5.82 Å². The normalized spacial score (nSPS) is 14.0. The van der Waals surface area contributed by atoms with Crippen LogP contribution in [0.4, 0.5) is 5.95 Å². The van der Waals surface area contributed by atoms with Crippen molar-refractivity contribution in [3.63, 3.8) is 0 Å². The number of rotatable bonds is 8. The maximum atomic E-state index is 12.8. The van der Waals surface area contributed by atoms with Gasteiger partial charge >= 0.3 is 0 Å². The molecule has 1 aliphatic rings. The highest BCUT2D eigenvalue weighted by atomic mass is 35.5. The lowest BCUT2D eigenvalue weighted by atomic mass is 10.1. The van der Waals surface area contributed by atoms with Gasteiger partial charge in [-0.05, 0) is 49.6 Å². The summed E-state index contributed by atoms with van der Waals surface area (Å²) in [6.45, 7) is 3.61. The average Bonchev–Trinajstić information content (AvgIpc) is 3.48. The number of imidazole rings is 1. The third-order valence-corrected chi connectivity index (χ3v) is 7.50. The first kappa shape index (κ1) is 34.0. The molecule has 0 bridgehead atoms. The number of carbonyl (C=O) groups excluding carboxylic acids is 1. The van der Waals surface area contributed by atoms with Crippen LogP contribution in [-0.4, -0.2) is 64.2 Å². The van der Waals surface area contributed by atoms with Crippen molar-refractivity contribution in [2.45, 2.75) is 36.7 Å². The minimum Gasteiger partial charge on any atom is -0.381 e. The maximum Gasteiger partial charge on any atom is 0.294 e. The predicted octanol–water partition coefficient (Wildman–Crippen LogP) is 3.69. The van der Waals surface area contributed by atoms with Gasteiger partial charge in [-0.1, -0.05) is 41.9 Å². The maximum absolute atomic E-state index is 12.8. The molecule has 5 N–H and O–H groups in total. The van der Waals surface area contributed by atoms with Crippen molar-refractivity contribution in [3.05, 3.63) is 95.2 Å². The molecule has 1 atom stereocenters. The first-order valence-corrected chi connectivity index (χ1v) is 15.0. The van der Waals surface area contributed by atoms with Gasteiger partial charge in [0.05, 0.1) is 10.9 Å². The minimum atomic E-state index is -4.00. The Labute approximate surface area is 262 Å². The molecule has 15 heteroatoms. The van der Waals surface area contributed by atoms with Gasteiger partial charge in [0.2, 0.25) is 5.95 Å². The second-order valence-corrected chi connectivity index (χ2v) is 11.4. The fourth-order valence-electron chi connectivity index (χ4n) is 4.17. The molecule has 230 valence electrons. The fourth-order valence-corrected chi connectivity index (χ4v) is 4.87. The molecule has 0 spiro atoms. The van der Waals surface area contributed by atoms with Crippen LogP contribution in [0, 0.1) is 6.92 Å². The summed E-state index contributed by atoms with van der Waals surface area (Å²) >= 11 is 6.07. The lowest BCUT2D eigenvalue weighted by Gasteiger charge is -2.23. The monoisotopic (exact) mass is 647 g/mol. The molecular weight excluding hydrogens is 614 g/mol. The molecule has 0 radical (unpaired) electrons. The third kappa shape index (κ3) is 9.74. The van der Waals surface area contributed by atoms with Crippen LogP contribution in [-0.2, 0) is 14.9 Å². The van der Waals surface area contributed by atoms with Crippen molar-refractivity contribution in [1.82, 2.24) is 24.8 Å². The molecule has 2 aromatic heterocycles. The Morgan fingerprint density at radius 3 is 2.51 bits per heavy atom. The van der Waals surface area contributed by atoms with E-state index in [0.29, 0.717) is 16.8 Å². The molecule has 1 aliphatic heterocycles. The highest BCUT2D eigenvalue weighted by Gasteiger charge is 2.19. The van der Waals surface area contributed by atoms with Gasteiger partial charge in [0.15, 0.2) is 0 Å². The Morgan fingerprint density at radius 1 is 1.16 bits per heavy atom. The van der Waals surface area contributed by atoms with Gasteiger partial charge in [0, 0.05) is 48.8 Å². The van der Waals surface area contributed by atoms with Gasteiger partial charge in [-0.3, -0.25) is 13.9 Å². The highest BCUT2D eigenvalue weighted by Crippen LogP contribution is 2.19. The van der Waals surface area contributed by atoms with Crippen LogP contribution in [0.15, 0.2) is 78.2 Å². The van der Waals surface area contributed by atoms with Crippen LogP contribution in [0.5, 0.6) is 0 Å². The summed E-state index contributed by atoms with van der Waals surface area (Å²) in [7, 11) is -4.00. The van der Waals surface area contributed by atoms with Gasteiger partial charge in [0.1, 0.15) is 17.8 Å². The molecule has 4 aromatic rings. The van der Waals surface area contributed by atoms with Crippen LogP contribution in [0.2, 0.25) is 5.02 Å². The molecule has 1 saturated heterocycles.